The molecule has 0 radical (unpaired) electrons. The smallest absolute Gasteiger partial charge is 0.417 e. The molecule has 1 N–H and O–H groups in total. The van der Waals surface area contributed by atoms with Crippen LogP contribution in [-0.2, 0) is 22.6 Å². The van der Waals surface area contributed by atoms with E-state index in [0.717, 1.165) is 5.56 Å². The van der Waals surface area contributed by atoms with Gasteiger partial charge in [-0.25, -0.2) is 14.7 Å². The number of rotatable bonds is 9. The van der Waals surface area contributed by atoms with Gasteiger partial charge in [0.05, 0.1) is 17.8 Å². The summed E-state index contributed by atoms with van der Waals surface area (Å²) in [7, 11) is 0. The van der Waals surface area contributed by atoms with Gasteiger partial charge >= 0.3 is 12.1 Å². The van der Waals surface area contributed by atoms with Gasteiger partial charge in [0.15, 0.2) is 11.2 Å². The second kappa shape index (κ2) is 12.7. The van der Waals surface area contributed by atoms with Crippen LogP contribution in [0, 0.1) is 10.1 Å². The van der Waals surface area contributed by atoms with Gasteiger partial charge in [0.25, 0.3) is 11.6 Å². The van der Waals surface area contributed by atoms with Gasteiger partial charge in [0, 0.05) is 12.1 Å². The fourth-order valence-electron chi connectivity index (χ4n) is 5.16. The van der Waals surface area contributed by atoms with E-state index in [1.54, 1.807) is 20.8 Å². The minimum absolute atomic E-state index is 0.0649. The molecule has 2 aromatic carbocycles. The molecule has 5 rings (SSSR count). The molecule has 1 aliphatic rings. The van der Waals surface area contributed by atoms with E-state index in [4.69, 9.17) is 9.47 Å². The summed E-state index contributed by atoms with van der Waals surface area (Å²) in [6, 6.07) is 13.5. The number of non-ortho nitro benzene ring substituents is 1. The van der Waals surface area contributed by atoms with Crippen LogP contribution in [0.25, 0.3) is 11.2 Å². The van der Waals surface area contributed by atoms with Crippen LogP contribution in [0.1, 0.15) is 69.9 Å². The maximum atomic E-state index is 13.6. The van der Waals surface area contributed by atoms with Crippen molar-refractivity contribution in [3.8, 4) is 11.6 Å². The molecule has 0 bridgehead atoms. The Balaban J connectivity index is 1.55. The number of anilines is 1. The molecule has 13 nitrogen and oxygen atoms in total. The molecular formula is C31H34N6O7. The van der Waals surface area contributed by atoms with E-state index in [0.29, 0.717) is 5.92 Å². The predicted octanol–water partition coefficient (Wildman–Crippen LogP) is 6.60. The Kier molecular flexibility index (Phi) is 8.74. The van der Waals surface area contributed by atoms with Gasteiger partial charge in [-0.05, 0) is 62.8 Å². The highest BCUT2D eigenvalue weighted by Crippen LogP contribution is 2.34. The number of benzene rings is 2. The number of hydrogen-bond acceptors (Lipinski definition) is 9. The Hall–Kier alpha value is -5.07. The van der Waals surface area contributed by atoms with Crippen LogP contribution in [0.3, 0.4) is 0 Å². The number of hydrogen-bond donors (Lipinski definition) is 1. The van der Waals surface area contributed by atoms with Gasteiger partial charge in [-0.1, -0.05) is 43.5 Å². The first-order valence-electron chi connectivity index (χ1n) is 14.4. The minimum Gasteiger partial charge on any atom is -0.480 e. The number of amides is 1. The molecule has 0 unspecified atom stereocenters. The summed E-state index contributed by atoms with van der Waals surface area (Å²) < 4.78 is 13.0. The third-order valence-electron chi connectivity index (χ3n) is 7.24. The fraction of sp³-hybridized carbons (Fsp3) is 0.387. The molecule has 0 spiro atoms. The van der Waals surface area contributed by atoms with Crippen molar-refractivity contribution in [2.75, 3.05) is 4.90 Å². The monoisotopic (exact) mass is 602 g/mol. The third-order valence-corrected chi connectivity index (χ3v) is 7.24. The van der Waals surface area contributed by atoms with Crippen LogP contribution < -0.4 is 9.64 Å². The number of carboxylic acids is 1. The second-order valence-corrected chi connectivity index (χ2v) is 11.8. The van der Waals surface area contributed by atoms with Crippen molar-refractivity contribution in [3.05, 3.63) is 76.1 Å². The summed E-state index contributed by atoms with van der Waals surface area (Å²) in [4.78, 5) is 50.3. The Morgan fingerprint density at radius 3 is 2.34 bits per heavy atom. The average molecular weight is 603 g/mol. The average Bonchev–Trinajstić information content (AvgIpc) is 3.38. The lowest BCUT2D eigenvalue weighted by molar-refractivity contribution is -0.384. The van der Waals surface area contributed by atoms with E-state index in [9.17, 15) is 24.8 Å². The Bertz CT molecular complexity index is 1660. The molecule has 0 aliphatic heterocycles. The number of carbonyl (C=O) groups is 2. The molecule has 1 saturated carbocycles. The highest BCUT2D eigenvalue weighted by molar-refractivity contribution is 5.88. The number of nitrogens with zero attached hydrogens (tertiary/aromatic N) is 6. The SMILES string of the molecule is CC(C)(C)OC(=O)N(Cc1ccc(C2CCCCC2)cc1)c1nc(Oc2ccc([N+](=O)[O-])cc2)c2ncn(CC(=O)O)c2n1. The van der Waals surface area contributed by atoms with Crippen molar-refractivity contribution >= 4 is 34.9 Å². The predicted molar refractivity (Wildman–Crippen MR) is 161 cm³/mol. The summed E-state index contributed by atoms with van der Waals surface area (Å²) in [6.07, 6.45) is 6.63. The van der Waals surface area contributed by atoms with Crippen LogP contribution in [-0.4, -0.2) is 47.2 Å². The number of ether oxygens (including phenoxy) is 2. The highest BCUT2D eigenvalue weighted by atomic mass is 16.6. The van der Waals surface area contributed by atoms with Crippen molar-refractivity contribution in [1.82, 2.24) is 19.5 Å². The van der Waals surface area contributed by atoms with Crippen LogP contribution in [0.5, 0.6) is 11.6 Å². The maximum Gasteiger partial charge on any atom is 0.417 e. The van der Waals surface area contributed by atoms with Crippen molar-refractivity contribution in [2.24, 2.45) is 0 Å². The number of carbonyl (C=O) groups excluding carboxylic acids is 1. The minimum atomic E-state index is -1.12. The lowest BCUT2D eigenvalue weighted by Crippen LogP contribution is -2.37. The van der Waals surface area contributed by atoms with Gasteiger partial charge in [0.1, 0.15) is 17.9 Å². The summed E-state index contributed by atoms with van der Waals surface area (Å²) in [5.41, 5.74) is 1.40. The maximum absolute atomic E-state index is 13.6. The zero-order chi connectivity index (χ0) is 31.4. The molecule has 230 valence electrons. The van der Waals surface area contributed by atoms with Crippen molar-refractivity contribution in [2.45, 2.75) is 77.5 Å². The van der Waals surface area contributed by atoms with Crippen molar-refractivity contribution < 1.29 is 29.1 Å². The number of aliphatic carboxylic acids is 1. The largest absolute Gasteiger partial charge is 0.480 e. The fourth-order valence-corrected chi connectivity index (χ4v) is 5.16. The van der Waals surface area contributed by atoms with Gasteiger partial charge in [-0.3, -0.25) is 14.9 Å². The van der Waals surface area contributed by atoms with Gasteiger partial charge in [0.2, 0.25) is 5.95 Å². The summed E-state index contributed by atoms with van der Waals surface area (Å²) in [5, 5.41) is 20.6. The van der Waals surface area contributed by atoms with E-state index in [-0.39, 0.29) is 41.0 Å². The zero-order valence-electron chi connectivity index (χ0n) is 24.8. The zero-order valence-corrected chi connectivity index (χ0v) is 24.8. The number of nitro groups is 1. The number of imidazole rings is 1. The summed E-state index contributed by atoms with van der Waals surface area (Å²) in [5.74, 6) is -0.531. The van der Waals surface area contributed by atoms with Crippen molar-refractivity contribution in [3.63, 3.8) is 0 Å². The molecule has 1 fully saturated rings. The first-order chi connectivity index (χ1) is 21.0. The lowest BCUT2D eigenvalue weighted by Gasteiger charge is -2.27. The van der Waals surface area contributed by atoms with E-state index in [2.05, 4.69) is 27.1 Å². The first kappa shape index (κ1) is 30.4. The molecule has 44 heavy (non-hydrogen) atoms. The quantitative estimate of drug-likeness (QED) is 0.163. The second-order valence-electron chi connectivity index (χ2n) is 11.8. The Morgan fingerprint density at radius 1 is 1.05 bits per heavy atom. The highest BCUT2D eigenvalue weighted by Gasteiger charge is 2.28. The summed E-state index contributed by atoms with van der Waals surface area (Å²) in [6.45, 7) is 4.86. The van der Waals surface area contributed by atoms with Crippen molar-refractivity contribution in [1.29, 1.82) is 0 Å². The number of aromatic nitrogens is 4. The topological polar surface area (TPSA) is 163 Å². The number of carboxylic acid groups (broad SMARTS) is 1. The van der Waals surface area contributed by atoms with Crippen LogP contribution in [0.15, 0.2) is 54.9 Å². The van der Waals surface area contributed by atoms with E-state index < -0.39 is 29.1 Å². The molecule has 2 aromatic heterocycles. The molecule has 4 aromatic rings. The standard InChI is InChI=1S/C31H34N6O7/c1-31(2,3)44-30(40)36(17-20-9-11-22(12-10-20)21-7-5-4-6-8-21)29-33-27-26(32-19-35(27)18-25(38)39)28(34-29)43-24-15-13-23(14-16-24)37(41)42/h9-16,19,21H,4-8,17-18H2,1-3H3,(H,38,39). The Labute approximate surface area is 253 Å². The van der Waals surface area contributed by atoms with E-state index in [1.165, 1.54) is 77.7 Å². The molecule has 0 saturated heterocycles. The first-order valence-corrected chi connectivity index (χ1v) is 14.4. The summed E-state index contributed by atoms with van der Waals surface area (Å²) >= 11 is 0. The normalized spacial score (nSPS) is 13.9. The molecular weight excluding hydrogens is 568 g/mol. The van der Waals surface area contributed by atoms with Crippen LogP contribution in [0.4, 0.5) is 16.4 Å². The van der Waals surface area contributed by atoms with Gasteiger partial charge < -0.3 is 19.1 Å². The third kappa shape index (κ3) is 7.28. The Morgan fingerprint density at radius 2 is 1.73 bits per heavy atom. The van der Waals surface area contributed by atoms with Crippen LogP contribution >= 0.6 is 0 Å². The molecule has 0 atom stereocenters. The number of fused-ring (bicyclic) bond motifs is 1. The number of nitro benzene ring substituents is 1. The lowest BCUT2D eigenvalue weighted by atomic mass is 9.84. The van der Waals surface area contributed by atoms with E-state index in [1.807, 2.05) is 12.1 Å². The molecule has 2 heterocycles. The van der Waals surface area contributed by atoms with Gasteiger partial charge in [-0.15, -0.1) is 0 Å². The molecule has 13 heteroatoms. The van der Waals surface area contributed by atoms with Gasteiger partial charge in [-0.2, -0.15) is 9.97 Å². The van der Waals surface area contributed by atoms with Crippen LogP contribution in [0.2, 0.25) is 0 Å². The molecule has 1 amide bonds. The van der Waals surface area contributed by atoms with E-state index >= 15 is 0 Å². The molecule has 1 aliphatic carbocycles.